The molecule has 1 aromatic heterocycles. The van der Waals surface area contributed by atoms with Gasteiger partial charge in [-0.15, -0.1) is 0 Å². The van der Waals surface area contributed by atoms with Gasteiger partial charge >= 0.3 is 5.92 Å². The maximum Gasteiger partial charge on any atom is 0.323 e. The van der Waals surface area contributed by atoms with Crippen molar-refractivity contribution in [3.05, 3.63) is 63.0 Å². The highest BCUT2D eigenvalue weighted by molar-refractivity contribution is 14.1. The first kappa shape index (κ1) is 17.1. The maximum absolute atomic E-state index is 14.6. The van der Waals surface area contributed by atoms with E-state index in [9.17, 15) is 22.7 Å². The van der Waals surface area contributed by atoms with Crippen LogP contribution in [0.4, 0.5) is 17.6 Å². The van der Waals surface area contributed by atoms with Gasteiger partial charge in [0.05, 0.1) is 0 Å². The highest BCUT2D eigenvalue weighted by atomic mass is 127. The Balaban J connectivity index is 2.59. The van der Waals surface area contributed by atoms with Crippen molar-refractivity contribution in [1.29, 1.82) is 0 Å². The number of aliphatic hydroxyl groups is 1. The Morgan fingerprint density at radius 2 is 1.86 bits per heavy atom. The molecule has 8 heteroatoms. The second-order valence-corrected chi connectivity index (χ2v) is 5.87. The van der Waals surface area contributed by atoms with Gasteiger partial charge in [-0.05, 0) is 40.8 Å². The molecule has 0 aliphatic carbocycles. The van der Waals surface area contributed by atoms with Gasteiger partial charge in [0.15, 0.2) is 5.60 Å². The third kappa shape index (κ3) is 2.82. The Morgan fingerprint density at radius 3 is 2.36 bits per heavy atom. The van der Waals surface area contributed by atoms with Gasteiger partial charge in [-0.25, -0.2) is 8.78 Å². The van der Waals surface area contributed by atoms with Crippen molar-refractivity contribution < 1.29 is 22.7 Å². The van der Waals surface area contributed by atoms with Gasteiger partial charge in [0.25, 0.3) is 0 Å². The maximum atomic E-state index is 14.6. The van der Waals surface area contributed by atoms with Crippen LogP contribution in [0.25, 0.3) is 0 Å². The summed E-state index contributed by atoms with van der Waals surface area (Å²) in [4.78, 5) is 3.57. The molecule has 22 heavy (non-hydrogen) atoms. The van der Waals surface area contributed by atoms with Crippen molar-refractivity contribution in [3.8, 4) is 0 Å². The molecule has 0 fully saturated rings. The van der Waals surface area contributed by atoms with Crippen molar-refractivity contribution in [2.24, 2.45) is 5.73 Å². The van der Waals surface area contributed by atoms with Crippen LogP contribution in [0.2, 0.25) is 0 Å². The molecule has 1 unspecified atom stereocenters. The first-order chi connectivity index (χ1) is 10.2. The van der Waals surface area contributed by atoms with Crippen LogP contribution in [0.5, 0.6) is 0 Å². The molecule has 118 valence electrons. The molecule has 0 spiro atoms. The number of aromatic nitrogens is 1. The summed E-state index contributed by atoms with van der Waals surface area (Å²) < 4.78 is 56.7. The molecule has 0 saturated carbocycles. The Hall–Kier alpha value is -1.26. The van der Waals surface area contributed by atoms with Crippen LogP contribution in [0.1, 0.15) is 11.3 Å². The van der Waals surface area contributed by atoms with Crippen LogP contribution in [0.15, 0.2) is 36.5 Å². The number of benzene rings is 1. The van der Waals surface area contributed by atoms with Gasteiger partial charge in [0.2, 0.25) is 0 Å². The quantitative estimate of drug-likeness (QED) is 0.584. The Bertz CT molecular complexity index is 681. The van der Waals surface area contributed by atoms with Crippen LogP contribution in [-0.2, 0) is 11.5 Å². The van der Waals surface area contributed by atoms with E-state index in [1.165, 1.54) is 12.3 Å². The van der Waals surface area contributed by atoms with Crippen molar-refractivity contribution in [1.82, 2.24) is 4.98 Å². The molecular weight excluding hydrogens is 415 g/mol. The van der Waals surface area contributed by atoms with Crippen LogP contribution in [-0.4, -0.2) is 16.6 Å². The zero-order chi connectivity index (χ0) is 16.5. The molecule has 1 heterocycles. The predicted molar refractivity (Wildman–Crippen MR) is 80.2 cm³/mol. The van der Waals surface area contributed by atoms with Crippen LogP contribution in [0, 0.1) is 15.2 Å². The number of pyridine rings is 1. The molecule has 0 amide bonds. The highest BCUT2D eigenvalue weighted by Crippen LogP contribution is 2.44. The third-order valence-corrected chi connectivity index (χ3v) is 3.88. The largest absolute Gasteiger partial charge is 0.377 e. The van der Waals surface area contributed by atoms with Gasteiger partial charge < -0.3 is 10.8 Å². The van der Waals surface area contributed by atoms with Crippen LogP contribution in [0.3, 0.4) is 0 Å². The number of hydrogen-bond acceptors (Lipinski definition) is 3. The molecule has 3 nitrogen and oxygen atoms in total. The number of nitrogens with zero attached hydrogens (tertiary/aromatic N) is 1. The van der Waals surface area contributed by atoms with Gasteiger partial charge in [0.1, 0.15) is 17.3 Å². The summed E-state index contributed by atoms with van der Waals surface area (Å²) in [6.45, 7) is -0.976. The van der Waals surface area contributed by atoms with Crippen LogP contribution >= 0.6 is 22.6 Å². The van der Waals surface area contributed by atoms with Crippen molar-refractivity contribution >= 4 is 22.6 Å². The fraction of sp³-hybridized carbons (Fsp3) is 0.214. The SMILES string of the molecule is NCC(O)(c1ccc(F)cc1F)C(F)(F)c1ccc(I)cn1. The molecule has 0 bridgehead atoms. The average Bonchev–Trinajstić information content (AvgIpc) is 2.46. The van der Waals surface area contributed by atoms with E-state index in [1.807, 2.05) is 22.6 Å². The van der Waals surface area contributed by atoms with E-state index in [1.54, 1.807) is 0 Å². The van der Waals surface area contributed by atoms with Gasteiger partial charge in [-0.3, -0.25) is 4.98 Å². The van der Waals surface area contributed by atoms with Crippen molar-refractivity contribution in [2.45, 2.75) is 11.5 Å². The molecule has 0 aliphatic heterocycles. The molecule has 0 saturated heterocycles. The lowest BCUT2D eigenvalue weighted by Gasteiger charge is -2.35. The third-order valence-electron chi connectivity index (χ3n) is 3.24. The predicted octanol–water partition coefficient (Wildman–Crippen LogP) is 2.90. The Labute approximate surface area is 137 Å². The van der Waals surface area contributed by atoms with Gasteiger partial charge in [0, 0.05) is 27.9 Å². The molecule has 1 atom stereocenters. The van der Waals surface area contributed by atoms with Crippen molar-refractivity contribution in [2.75, 3.05) is 6.54 Å². The summed E-state index contributed by atoms with van der Waals surface area (Å²) >= 11 is 1.88. The minimum Gasteiger partial charge on any atom is -0.377 e. The highest BCUT2D eigenvalue weighted by Gasteiger charge is 2.56. The summed E-state index contributed by atoms with van der Waals surface area (Å²) in [6, 6.07) is 4.32. The van der Waals surface area contributed by atoms with E-state index in [2.05, 4.69) is 4.98 Å². The first-order valence-corrected chi connectivity index (χ1v) is 7.18. The first-order valence-electron chi connectivity index (χ1n) is 6.10. The van der Waals surface area contributed by atoms with Crippen LogP contribution < -0.4 is 5.73 Å². The molecule has 2 aromatic rings. The number of nitrogens with two attached hydrogens (primary N) is 1. The summed E-state index contributed by atoms with van der Waals surface area (Å²) in [5.74, 6) is -6.22. The van der Waals surface area contributed by atoms with E-state index in [0.717, 1.165) is 18.2 Å². The molecule has 3 N–H and O–H groups in total. The summed E-state index contributed by atoms with van der Waals surface area (Å²) in [5, 5.41) is 10.3. The van der Waals surface area contributed by atoms with Crippen molar-refractivity contribution in [3.63, 3.8) is 0 Å². The van der Waals surface area contributed by atoms with E-state index in [4.69, 9.17) is 5.73 Å². The fourth-order valence-corrected chi connectivity index (χ4v) is 2.32. The average molecular weight is 426 g/mol. The topological polar surface area (TPSA) is 59.1 Å². The number of hydrogen-bond donors (Lipinski definition) is 2. The van der Waals surface area contributed by atoms with E-state index >= 15 is 0 Å². The lowest BCUT2D eigenvalue weighted by molar-refractivity contribution is -0.193. The van der Waals surface area contributed by atoms with Gasteiger partial charge in [-0.1, -0.05) is 6.07 Å². The normalized spacial score (nSPS) is 14.7. The lowest BCUT2D eigenvalue weighted by atomic mass is 9.85. The van der Waals surface area contributed by atoms with E-state index < -0.39 is 41.0 Å². The molecule has 1 aromatic carbocycles. The second-order valence-electron chi connectivity index (χ2n) is 4.62. The van der Waals surface area contributed by atoms with E-state index in [-0.39, 0.29) is 0 Å². The zero-order valence-corrected chi connectivity index (χ0v) is 13.2. The second kappa shape index (κ2) is 6.09. The summed E-state index contributed by atoms with van der Waals surface area (Å²) in [7, 11) is 0. The molecular formula is C14H11F4IN2O. The smallest absolute Gasteiger partial charge is 0.323 e. The zero-order valence-electron chi connectivity index (χ0n) is 11.0. The summed E-state index contributed by atoms with van der Waals surface area (Å²) in [5.41, 5.74) is 0.679. The minimum atomic E-state index is -3.97. The number of halogens is 5. The number of rotatable bonds is 4. The molecule has 0 radical (unpaired) electrons. The summed E-state index contributed by atoms with van der Waals surface area (Å²) in [6.07, 6.45) is 1.18. The minimum absolute atomic E-state index is 0.410. The lowest BCUT2D eigenvalue weighted by Crippen LogP contribution is -2.50. The fourth-order valence-electron chi connectivity index (χ4n) is 2.01. The number of alkyl halides is 2. The molecule has 2 rings (SSSR count). The molecule has 0 aliphatic rings. The van der Waals surface area contributed by atoms with Gasteiger partial charge in [-0.2, -0.15) is 8.78 Å². The Morgan fingerprint density at radius 1 is 1.18 bits per heavy atom. The Kier molecular flexibility index (Phi) is 4.73. The standard InChI is InChI=1S/C14H11F4IN2O/c15-8-1-3-10(11(16)5-8)13(22,7-20)14(17,18)12-4-2-9(19)6-21-12/h1-6,22H,7,20H2. The van der Waals surface area contributed by atoms with E-state index in [0.29, 0.717) is 9.64 Å². The monoisotopic (exact) mass is 426 g/mol.